The molecule has 0 rings (SSSR count). The molecular weight excluding hydrogens is 575 g/mol. The minimum atomic E-state index is -4.35. The molecule has 250 valence electrons. The van der Waals surface area contributed by atoms with E-state index in [2.05, 4.69) is 73.8 Å². The number of nitrogens with zero attached hydrogens (tertiary/aromatic N) is 1. The van der Waals surface area contributed by atoms with Crippen molar-refractivity contribution in [1.29, 1.82) is 0 Å². The molecule has 0 aliphatic heterocycles. The molecule has 3 unspecified atom stereocenters. The maximum absolute atomic E-state index is 12.6. The van der Waals surface area contributed by atoms with Crippen LogP contribution in [0.15, 0.2) is 85.1 Å². The number of allylic oxidation sites excluding steroid dienone is 12. The second-order valence-corrected chi connectivity index (χ2v) is 12.9. The van der Waals surface area contributed by atoms with E-state index in [4.69, 9.17) is 9.05 Å². The Labute approximate surface area is 267 Å². The maximum Gasteiger partial charge on any atom is 0.472 e. The third-order valence-electron chi connectivity index (χ3n) is 6.11. The summed E-state index contributed by atoms with van der Waals surface area (Å²) in [7, 11) is 1.47. The van der Waals surface area contributed by atoms with Gasteiger partial charge in [-0.25, -0.2) is 4.57 Å². The van der Waals surface area contributed by atoms with Crippen LogP contribution in [0.4, 0.5) is 0 Å². The number of phosphoric acid groups is 1. The average Bonchev–Trinajstić information content (AvgIpc) is 2.95. The highest BCUT2D eigenvalue weighted by Crippen LogP contribution is 2.43. The predicted octanol–water partition coefficient (Wildman–Crippen LogP) is 7.51. The Kier molecular flexibility index (Phi) is 25.6. The van der Waals surface area contributed by atoms with Crippen LogP contribution in [0, 0.1) is 0 Å². The lowest BCUT2D eigenvalue weighted by Crippen LogP contribution is -2.45. The zero-order chi connectivity index (χ0) is 32.9. The van der Waals surface area contributed by atoms with Gasteiger partial charge in [0, 0.05) is 6.42 Å². The highest BCUT2D eigenvalue weighted by atomic mass is 31.2. The third-order valence-corrected chi connectivity index (χ3v) is 7.09. The van der Waals surface area contributed by atoms with Crippen LogP contribution in [0.2, 0.25) is 0 Å². The van der Waals surface area contributed by atoms with Crippen molar-refractivity contribution in [1.82, 2.24) is 5.32 Å². The summed E-state index contributed by atoms with van der Waals surface area (Å²) in [6.45, 7) is 4.42. The van der Waals surface area contributed by atoms with Crippen molar-refractivity contribution in [3.8, 4) is 0 Å². The van der Waals surface area contributed by atoms with E-state index in [-0.39, 0.29) is 25.5 Å². The van der Waals surface area contributed by atoms with Gasteiger partial charge in [-0.3, -0.25) is 13.8 Å². The van der Waals surface area contributed by atoms with E-state index in [9.17, 15) is 19.4 Å². The monoisotopic (exact) mass is 635 g/mol. The zero-order valence-electron chi connectivity index (χ0n) is 27.9. The van der Waals surface area contributed by atoms with Crippen LogP contribution in [0.25, 0.3) is 0 Å². The molecule has 0 spiro atoms. The molecule has 0 aliphatic rings. The van der Waals surface area contributed by atoms with Gasteiger partial charge in [0.1, 0.15) is 13.2 Å². The topological polar surface area (TPSA) is 105 Å². The van der Waals surface area contributed by atoms with Crippen LogP contribution in [-0.2, 0) is 18.4 Å². The summed E-state index contributed by atoms with van der Waals surface area (Å²) in [4.78, 5) is 22.7. The van der Waals surface area contributed by atoms with E-state index in [1.165, 1.54) is 0 Å². The van der Waals surface area contributed by atoms with Gasteiger partial charge in [-0.15, -0.1) is 0 Å². The normalized spacial score (nSPS) is 16.1. The van der Waals surface area contributed by atoms with E-state index in [1.807, 2.05) is 39.4 Å². The van der Waals surface area contributed by atoms with Gasteiger partial charge in [0.25, 0.3) is 0 Å². The Morgan fingerprint density at radius 3 is 1.84 bits per heavy atom. The Morgan fingerprint density at radius 1 is 0.773 bits per heavy atom. The number of aliphatic hydroxyl groups excluding tert-OH is 1. The van der Waals surface area contributed by atoms with Gasteiger partial charge in [-0.2, -0.15) is 0 Å². The number of unbranched alkanes of at least 4 members (excludes halogenated alkanes) is 2. The highest BCUT2D eigenvalue weighted by Gasteiger charge is 2.27. The SMILES string of the molecule is CC/C=C\C/C=C\C/C=C\C/C=C\C/C=C\CC(=O)NC(COP(=O)(O)OCC[N+](C)(C)C)C(O)/C=C/CC/C=C/CCC. The summed E-state index contributed by atoms with van der Waals surface area (Å²) in [5.74, 6) is -0.325. The first kappa shape index (κ1) is 41.7. The molecule has 0 aromatic rings. The van der Waals surface area contributed by atoms with Gasteiger partial charge >= 0.3 is 7.82 Å². The van der Waals surface area contributed by atoms with E-state index in [0.29, 0.717) is 17.4 Å². The lowest BCUT2D eigenvalue weighted by atomic mass is 10.1. The molecule has 0 radical (unpaired) electrons. The Bertz CT molecular complexity index is 992. The first-order valence-electron chi connectivity index (χ1n) is 16.0. The molecule has 0 heterocycles. The molecule has 0 aliphatic carbocycles. The van der Waals surface area contributed by atoms with Crippen LogP contribution in [0.1, 0.15) is 78.1 Å². The number of amides is 1. The smallest absolute Gasteiger partial charge is 0.387 e. The fraction of sp³-hybridized carbons (Fsp3) is 0.571. The lowest BCUT2D eigenvalue weighted by Gasteiger charge is -2.25. The predicted molar refractivity (Wildman–Crippen MR) is 184 cm³/mol. The highest BCUT2D eigenvalue weighted by molar-refractivity contribution is 7.47. The molecule has 0 aromatic heterocycles. The molecular formula is C35H60N2O6P+. The summed E-state index contributed by atoms with van der Waals surface area (Å²) >= 11 is 0. The molecule has 1 amide bonds. The van der Waals surface area contributed by atoms with Crippen LogP contribution in [0.3, 0.4) is 0 Å². The minimum Gasteiger partial charge on any atom is -0.387 e. The van der Waals surface area contributed by atoms with Crippen molar-refractivity contribution >= 4 is 13.7 Å². The number of aliphatic hydroxyl groups is 1. The molecule has 3 N–H and O–H groups in total. The third kappa shape index (κ3) is 28.5. The lowest BCUT2D eigenvalue weighted by molar-refractivity contribution is -0.870. The molecule has 44 heavy (non-hydrogen) atoms. The Morgan fingerprint density at radius 2 is 1.30 bits per heavy atom. The number of quaternary nitrogens is 1. The molecule has 8 nitrogen and oxygen atoms in total. The fourth-order valence-corrected chi connectivity index (χ4v) is 4.27. The van der Waals surface area contributed by atoms with E-state index in [0.717, 1.165) is 51.4 Å². The standard InChI is InChI=1S/C35H59N2O6P/c1-6-8-10-12-14-15-16-17-18-19-20-21-23-25-27-29-35(39)36-33(34(38)28-26-24-22-13-11-9-7-2)32-43-44(40,41)42-31-30-37(3,4)5/h8,10-11,13-15,17-18,20-21,25-28,33-34,38H,6-7,9,12,16,19,22-24,29-32H2,1-5H3,(H-,36,39,40,41)/p+1/b10-8-,13-11+,15-14-,18-17-,21-20-,27-25-,28-26+. The summed E-state index contributed by atoms with van der Waals surface area (Å²) < 4.78 is 23.2. The molecule has 0 saturated heterocycles. The number of carbonyl (C=O) groups is 1. The van der Waals surface area contributed by atoms with Crippen molar-refractivity contribution in [2.75, 3.05) is 40.9 Å². The van der Waals surface area contributed by atoms with Crippen molar-refractivity contribution in [2.24, 2.45) is 0 Å². The number of phosphoric ester groups is 1. The van der Waals surface area contributed by atoms with Gasteiger partial charge in [-0.05, 0) is 51.4 Å². The van der Waals surface area contributed by atoms with Crippen LogP contribution in [0.5, 0.6) is 0 Å². The molecule has 0 fully saturated rings. The molecule has 0 bridgehead atoms. The number of rotatable bonds is 26. The number of hydrogen-bond donors (Lipinski definition) is 3. The quantitative estimate of drug-likeness (QED) is 0.0393. The van der Waals surface area contributed by atoms with Crippen LogP contribution in [-0.4, -0.2) is 73.4 Å². The maximum atomic E-state index is 12.6. The second kappa shape index (κ2) is 27.0. The first-order chi connectivity index (χ1) is 21.0. The summed E-state index contributed by atoms with van der Waals surface area (Å²) in [5, 5.41) is 13.5. The van der Waals surface area contributed by atoms with Gasteiger partial charge in [0.2, 0.25) is 5.91 Å². The van der Waals surface area contributed by atoms with E-state index < -0.39 is 20.0 Å². The van der Waals surface area contributed by atoms with Crippen LogP contribution < -0.4 is 5.32 Å². The summed E-state index contributed by atoms with van der Waals surface area (Å²) in [5.41, 5.74) is 0. The number of hydrogen-bond acceptors (Lipinski definition) is 5. The van der Waals surface area contributed by atoms with E-state index >= 15 is 0 Å². The number of nitrogens with one attached hydrogen (secondary N) is 1. The second-order valence-electron chi connectivity index (χ2n) is 11.5. The fourth-order valence-electron chi connectivity index (χ4n) is 3.54. The largest absolute Gasteiger partial charge is 0.472 e. The molecule has 9 heteroatoms. The van der Waals surface area contributed by atoms with Crippen molar-refractivity contribution in [3.63, 3.8) is 0 Å². The minimum absolute atomic E-state index is 0.0341. The Balaban J connectivity index is 4.78. The van der Waals surface area contributed by atoms with Crippen molar-refractivity contribution < 1.29 is 32.9 Å². The van der Waals surface area contributed by atoms with Gasteiger partial charge in [0.15, 0.2) is 0 Å². The Hall–Kier alpha value is -2.32. The number of likely N-dealkylation sites (N-methyl/N-ethyl adjacent to an activating group) is 1. The van der Waals surface area contributed by atoms with Gasteiger partial charge in [-0.1, -0.05) is 105 Å². The van der Waals surface area contributed by atoms with Crippen molar-refractivity contribution in [3.05, 3.63) is 85.1 Å². The van der Waals surface area contributed by atoms with E-state index in [1.54, 1.807) is 12.2 Å². The van der Waals surface area contributed by atoms with Crippen molar-refractivity contribution in [2.45, 2.75) is 90.2 Å². The number of carbonyl (C=O) groups excluding carboxylic acids is 1. The zero-order valence-corrected chi connectivity index (χ0v) is 28.7. The van der Waals surface area contributed by atoms with Gasteiger partial charge < -0.3 is 19.8 Å². The summed E-state index contributed by atoms with van der Waals surface area (Å²) in [6, 6.07) is -0.917. The molecule has 0 saturated carbocycles. The average molecular weight is 636 g/mol. The molecule has 3 atom stereocenters. The first-order valence-corrected chi connectivity index (χ1v) is 17.5. The molecule has 0 aromatic carbocycles. The van der Waals surface area contributed by atoms with Gasteiger partial charge in [0.05, 0.1) is 39.9 Å². The summed E-state index contributed by atoms with van der Waals surface area (Å²) in [6.07, 6.45) is 35.6. The van der Waals surface area contributed by atoms with Crippen LogP contribution >= 0.6 is 7.82 Å².